The van der Waals surface area contributed by atoms with E-state index in [1.165, 1.54) is 0 Å². The molecule has 1 fully saturated rings. The molecular weight excluding hydrogens is 536 g/mol. The molecule has 1 aliphatic carbocycles. The third-order valence-corrected chi connectivity index (χ3v) is 9.67. The Hall–Kier alpha value is 0.554. The number of nitrogens with zero attached hydrogens (tertiary/aromatic N) is 2. The number of hydrogen-bond acceptors (Lipinski definition) is 5. The SMILES string of the molecule is CC(C)(C)[Si](C)(C)O[C@H]1C[C@H](Nc2[c-]c(Cl)n[c-]n2)C[C@H]1CO.[Rh].[Rh]. The molecule has 1 saturated carbocycles. The van der Waals surface area contributed by atoms with Crippen molar-refractivity contribution in [3.05, 3.63) is 17.5 Å². The van der Waals surface area contributed by atoms with Gasteiger partial charge in [-0.25, -0.2) is 0 Å². The van der Waals surface area contributed by atoms with Crippen molar-refractivity contribution in [2.75, 3.05) is 11.9 Å². The molecule has 0 aromatic carbocycles. The average molecular weight is 562 g/mol. The predicted molar refractivity (Wildman–Crippen MR) is 94.0 cm³/mol. The number of rotatable bonds is 5. The van der Waals surface area contributed by atoms with Crippen LogP contribution in [0, 0.1) is 18.3 Å². The van der Waals surface area contributed by atoms with Crippen LogP contribution in [0.4, 0.5) is 5.82 Å². The van der Waals surface area contributed by atoms with Gasteiger partial charge in [0.05, 0.1) is 6.10 Å². The fraction of sp³-hybridized carbons (Fsp3) is 0.750. The van der Waals surface area contributed by atoms with Crippen LogP contribution < -0.4 is 5.32 Å². The minimum atomic E-state index is -1.86. The Labute approximate surface area is 182 Å². The molecule has 1 heterocycles. The normalized spacial score (nSPS) is 23.6. The minimum Gasteiger partial charge on any atom is -0.533 e. The molecule has 0 saturated heterocycles. The first-order valence-electron chi connectivity index (χ1n) is 8.00. The second-order valence-electron chi connectivity index (χ2n) is 7.76. The van der Waals surface area contributed by atoms with Crippen LogP contribution in [0.5, 0.6) is 0 Å². The van der Waals surface area contributed by atoms with E-state index in [1.807, 2.05) is 0 Å². The van der Waals surface area contributed by atoms with Crippen LogP contribution in [-0.4, -0.2) is 42.1 Å². The molecule has 0 aliphatic heterocycles. The molecule has 9 heteroatoms. The Kier molecular flexibility index (Phi) is 10.4. The first-order chi connectivity index (χ1) is 10.6. The van der Waals surface area contributed by atoms with Crippen LogP contribution in [0.3, 0.4) is 0 Å². The molecule has 1 aliphatic rings. The summed E-state index contributed by atoms with van der Waals surface area (Å²) in [5, 5.41) is 13.4. The summed E-state index contributed by atoms with van der Waals surface area (Å²) < 4.78 is 6.52. The van der Waals surface area contributed by atoms with Crippen molar-refractivity contribution in [3.8, 4) is 0 Å². The Morgan fingerprint density at radius 3 is 2.44 bits per heavy atom. The number of aromatic nitrogens is 2. The Bertz CT molecular complexity index is 546. The number of aliphatic hydroxyl groups excluding tert-OH is 1. The molecule has 0 spiro atoms. The summed E-state index contributed by atoms with van der Waals surface area (Å²) in [4.78, 5) is 7.72. The quantitative estimate of drug-likeness (QED) is 0.328. The van der Waals surface area contributed by atoms with E-state index >= 15 is 0 Å². The van der Waals surface area contributed by atoms with E-state index in [0.29, 0.717) is 5.82 Å². The van der Waals surface area contributed by atoms with Crippen molar-refractivity contribution < 1.29 is 48.5 Å². The zero-order chi connectivity index (χ0) is 17.3. The molecule has 0 unspecified atom stereocenters. The fourth-order valence-electron chi connectivity index (χ4n) is 2.63. The maximum absolute atomic E-state index is 9.71. The van der Waals surface area contributed by atoms with Gasteiger partial charge in [0, 0.05) is 63.8 Å². The second-order valence-corrected chi connectivity index (χ2v) is 12.9. The molecule has 1 aromatic rings. The summed E-state index contributed by atoms with van der Waals surface area (Å²) in [6, 6.07) is 3.04. The molecule has 25 heavy (non-hydrogen) atoms. The van der Waals surface area contributed by atoms with Crippen LogP contribution in [-0.2, 0) is 43.4 Å². The second kappa shape index (κ2) is 10.2. The van der Waals surface area contributed by atoms with E-state index < -0.39 is 8.32 Å². The molecule has 0 bridgehead atoms. The number of hydrogen-bond donors (Lipinski definition) is 2. The standard InChI is InChI=1S/C16H26ClN3O2Si.2Rh/c1-16(2,3)23(4,5)22-13-7-12(6-11(13)9-21)20-15-8-14(17)18-10-19-15;;/h11-13,21H,6-7,9H2,1-5H3,(H,18,19,20);;/q-2;;/t11-,12+,13-;;/m0../s1. The van der Waals surface area contributed by atoms with Gasteiger partial charge in [-0.15, -0.1) is 0 Å². The minimum absolute atomic E-state index is 0. The fourth-order valence-corrected chi connectivity index (χ4v) is 4.16. The van der Waals surface area contributed by atoms with Crippen LogP contribution >= 0.6 is 11.6 Å². The van der Waals surface area contributed by atoms with E-state index in [-0.39, 0.29) is 73.8 Å². The predicted octanol–water partition coefficient (Wildman–Crippen LogP) is 3.30. The van der Waals surface area contributed by atoms with Crippen molar-refractivity contribution in [3.63, 3.8) is 0 Å². The number of anilines is 1. The van der Waals surface area contributed by atoms with Gasteiger partial charge >= 0.3 is 0 Å². The molecule has 2 rings (SSSR count). The van der Waals surface area contributed by atoms with Crippen molar-refractivity contribution in [2.24, 2.45) is 5.92 Å². The van der Waals surface area contributed by atoms with Gasteiger partial charge in [-0.3, -0.25) is 0 Å². The van der Waals surface area contributed by atoms with Gasteiger partial charge in [0.25, 0.3) is 0 Å². The van der Waals surface area contributed by atoms with Gasteiger partial charge in [0.1, 0.15) is 0 Å². The third kappa shape index (κ3) is 6.90. The summed E-state index contributed by atoms with van der Waals surface area (Å²) in [5.41, 5.74) is 0. The maximum Gasteiger partial charge on any atom is 0.192 e. The van der Waals surface area contributed by atoms with E-state index in [9.17, 15) is 5.11 Å². The first kappa shape index (κ1) is 25.6. The summed E-state index contributed by atoms with van der Waals surface area (Å²) >= 11 is 5.82. The van der Waals surface area contributed by atoms with E-state index in [4.69, 9.17) is 16.0 Å². The van der Waals surface area contributed by atoms with Gasteiger partial charge in [-0.05, 0) is 31.0 Å². The number of nitrogens with one attached hydrogen (secondary N) is 1. The summed E-state index contributed by atoms with van der Waals surface area (Å²) in [6.45, 7) is 11.3. The summed E-state index contributed by atoms with van der Waals surface area (Å²) in [5.74, 6) is 0.683. The molecule has 148 valence electrons. The van der Waals surface area contributed by atoms with Gasteiger partial charge in [0.2, 0.25) is 0 Å². The molecular formula is C16H26ClN3O2Rh2Si-2. The van der Waals surface area contributed by atoms with Crippen molar-refractivity contribution in [1.82, 2.24) is 9.97 Å². The monoisotopic (exact) mass is 561 g/mol. The van der Waals surface area contributed by atoms with Gasteiger partial charge < -0.3 is 30.9 Å². The Morgan fingerprint density at radius 1 is 1.28 bits per heavy atom. The molecule has 2 radical (unpaired) electrons. The molecule has 0 amide bonds. The van der Waals surface area contributed by atoms with Gasteiger partial charge in [0.15, 0.2) is 8.32 Å². The maximum atomic E-state index is 9.71. The smallest absolute Gasteiger partial charge is 0.192 e. The van der Waals surface area contributed by atoms with Crippen molar-refractivity contribution >= 4 is 25.7 Å². The van der Waals surface area contributed by atoms with E-state index in [0.717, 1.165) is 12.8 Å². The summed E-state index contributed by atoms with van der Waals surface area (Å²) in [7, 11) is -1.86. The van der Waals surface area contributed by atoms with E-state index in [1.54, 1.807) is 0 Å². The molecule has 1 aromatic heterocycles. The molecule has 5 nitrogen and oxygen atoms in total. The zero-order valence-corrected chi connectivity index (χ0v) is 20.2. The van der Waals surface area contributed by atoms with Crippen LogP contribution in [0.1, 0.15) is 33.6 Å². The number of halogens is 1. The largest absolute Gasteiger partial charge is 0.533 e. The Balaban J connectivity index is 0.00000288. The average Bonchev–Trinajstić information content (AvgIpc) is 2.78. The molecule has 3 atom stereocenters. The van der Waals surface area contributed by atoms with Crippen LogP contribution in [0.2, 0.25) is 23.3 Å². The Morgan fingerprint density at radius 2 is 1.92 bits per heavy atom. The van der Waals surface area contributed by atoms with Crippen molar-refractivity contribution in [1.29, 1.82) is 0 Å². The summed E-state index contributed by atoms with van der Waals surface area (Å²) in [6.07, 6.45) is 4.25. The first-order valence-corrected chi connectivity index (χ1v) is 11.3. The topological polar surface area (TPSA) is 67.3 Å². The van der Waals surface area contributed by atoms with Gasteiger partial charge in [-0.2, -0.15) is 22.6 Å². The third-order valence-electron chi connectivity index (χ3n) is 4.99. The zero-order valence-electron chi connectivity index (χ0n) is 15.1. The van der Waals surface area contributed by atoms with Crippen LogP contribution in [0.25, 0.3) is 0 Å². The van der Waals surface area contributed by atoms with Gasteiger partial charge in [-0.1, -0.05) is 20.8 Å². The molecule has 2 N–H and O–H groups in total. The van der Waals surface area contributed by atoms with E-state index in [2.05, 4.69) is 61.5 Å². The van der Waals surface area contributed by atoms with Crippen molar-refractivity contribution in [2.45, 2.75) is 63.9 Å². The van der Waals surface area contributed by atoms with Crippen LogP contribution in [0.15, 0.2) is 0 Å². The number of aliphatic hydroxyl groups is 1.